The molecule has 0 saturated heterocycles. The van der Waals surface area contributed by atoms with Gasteiger partial charge in [-0.05, 0) is 25.5 Å². The number of unbranched alkanes of at least 4 members (excludes halogenated alkanes) is 16. The molecular weight excluding hydrogens is 348 g/mol. The first-order valence-electron chi connectivity index (χ1n) is 12.0. The third-order valence-electron chi connectivity index (χ3n) is 5.76. The lowest BCUT2D eigenvalue weighted by Gasteiger charge is -2.24. The van der Waals surface area contributed by atoms with Crippen LogP contribution in [-0.4, -0.2) is 49.0 Å². The Hall–Kier alpha value is -0.0200. The van der Waals surface area contributed by atoms with E-state index in [4.69, 9.17) is 0 Å². The van der Waals surface area contributed by atoms with Crippen molar-refractivity contribution < 1.29 is 9.06 Å². The first-order valence-corrected chi connectivity index (χ1v) is 12.4. The molecule has 0 aromatic heterocycles. The Morgan fingerprint density at radius 3 is 1.19 bits per heavy atom. The summed E-state index contributed by atoms with van der Waals surface area (Å²) < 4.78 is 3.02. The van der Waals surface area contributed by atoms with Crippen molar-refractivity contribution in [3.8, 4) is 0 Å². The van der Waals surface area contributed by atoms with Crippen molar-refractivity contribution in [1.29, 1.82) is 0 Å². The molecule has 0 atom stereocenters. The van der Waals surface area contributed by atoms with Gasteiger partial charge in [0.05, 0.1) is 20.6 Å². The minimum absolute atomic E-state index is 0.898. The van der Waals surface area contributed by atoms with Crippen molar-refractivity contribution >= 4 is 17.8 Å². The van der Waals surface area contributed by atoms with E-state index in [2.05, 4.69) is 52.3 Å². The summed E-state index contributed by atoms with van der Waals surface area (Å²) in [5.74, 6) is 0. The Kier molecular flexibility index (Phi) is 18.0. The van der Waals surface area contributed by atoms with E-state index in [9.17, 15) is 0 Å². The molecule has 3 heteroatoms. The van der Waals surface area contributed by atoms with Crippen molar-refractivity contribution in [3.05, 3.63) is 0 Å². The van der Waals surface area contributed by atoms with Gasteiger partial charge >= 0.3 is 5.17 Å². The minimum Gasteiger partial charge on any atom is -0.235 e. The van der Waals surface area contributed by atoms with Gasteiger partial charge in [0.15, 0.2) is 0 Å². The van der Waals surface area contributed by atoms with Crippen LogP contribution in [0.5, 0.6) is 0 Å². The summed E-state index contributed by atoms with van der Waals surface area (Å²) in [7, 11) is 8.68. The zero-order valence-electron chi connectivity index (χ0n) is 19.6. The predicted molar refractivity (Wildman–Crippen MR) is 127 cm³/mol. The molecule has 0 amide bonds. The maximum atomic E-state index is 4.66. The third kappa shape index (κ3) is 16.6. The van der Waals surface area contributed by atoms with Crippen molar-refractivity contribution in [2.24, 2.45) is 0 Å². The van der Waals surface area contributed by atoms with Crippen LogP contribution in [-0.2, 0) is 0 Å². The van der Waals surface area contributed by atoms with Gasteiger partial charge in [-0.15, -0.1) is 0 Å². The van der Waals surface area contributed by atoms with Gasteiger partial charge in [-0.1, -0.05) is 103 Å². The van der Waals surface area contributed by atoms with E-state index < -0.39 is 0 Å². The number of quaternary nitrogens is 1. The van der Waals surface area contributed by atoms with E-state index in [1.54, 1.807) is 0 Å². The average Bonchev–Trinajstić information content (AvgIpc) is 2.63. The Labute approximate surface area is 177 Å². The van der Waals surface area contributed by atoms with Gasteiger partial charge in [0.25, 0.3) is 0 Å². The van der Waals surface area contributed by atoms with Gasteiger partial charge in [-0.2, -0.15) is 4.58 Å². The summed E-state index contributed by atoms with van der Waals surface area (Å²) >= 11 is 4.66. The lowest BCUT2D eigenvalue weighted by atomic mass is 10.0. The molecule has 0 rings (SSSR count). The monoisotopic (exact) mass is 400 g/mol. The van der Waals surface area contributed by atoms with E-state index in [1.807, 2.05) is 0 Å². The predicted octanol–water partition coefficient (Wildman–Crippen LogP) is 7.27. The van der Waals surface area contributed by atoms with Crippen LogP contribution in [0.3, 0.4) is 0 Å². The summed E-state index contributed by atoms with van der Waals surface area (Å²) in [5.41, 5.74) is 0. The minimum atomic E-state index is 0.898. The van der Waals surface area contributed by atoms with Gasteiger partial charge in [-0.3, -0.25) is 0 Å². The molecule has 162 valence electrons. The fraction of sp³-hybridized carbons (Fsp3) is 0.958. The number of nitrogens with zero attached hydrogens (tertiary/aromatic N) is 2. The highest BCUT2D eigenvalue weighted by molar-refractivity contribution is 7.96. The van der Waals surface area contributed by atoms with E-state index in [1.165, 1.54) is 116 Å². The highest BCUT2D eigenvalue weighted by Crippen LogP contribution is 2.14. The van der Waals surface area contributed by atoms with Crippen LogP contribution in [0.15, 0.2) is 0 Å². The third-order valence-corrected chi connectivity index (χ3v) is 6.70. The van der Waals surface area contributed by atoms with Gasteiger partial charge < -0.3 is 0 Å². The first kappa shape index (κ1) is 27.0. The van der Waals surface area contributed by atoms with E-state index >= 15 is 0 Å². The molecule has 0 fully saturated rings. The maximum Gasteiger partial charge on any atom is 0.396 e. The van der Waals surface area contributed by atoms with Gasteiger partial charge in [0.1, 0.15) is 14.1 Å². The van der Waals surface area contributed by atoms with E-state index in [-0.39, 0.29) is 0 Å². The molecule has 0 saturated carbocycles. The molecule has 0 unspecified atom stereocenters. The topological polar surface area (TPSA) is 3.01 Å². The van der Waals surface area contributed by atoms with Crippen LogP contribution in [0.1, 0.15) is 116 Å². The zero-order valence-corrected chi connectivity index (χ0v) is 20.5. The normalized spacial score (nSPS) is 11.8. The van der Waals surface area contributed by atoms with Gasteiger partial charge in [0, 0.05) is 0 Å². The first-order chi connectivity index (χ1) is 12.9. The van der Waals surface area contributed by atoms with Crippen LogP contribution in [0, 0.1) is 0 Å². The van der Waals surface area contributed by atoms with Crippen LogP contribution in [0.25, 0.3) is 0 Å². The molecule has 27 heavy (non-hydrogen) atoms. The maximum absolute atomic E-state index is 4.66. The molecule has 0 N–H and O–H groups in total. The molecule has 0 radical (unpaired) electrons. The summed E-state index contributed by atoms with van der Waals surface area (Å²) in [6, 6.07) is 0. The fourth-order valence-corrected chi connectivity index (χ4v) is 3.97. The van der Waals surface area contributed by atoms with E-state index in [0.29, 0.717) is 0 Å². The SMILES string of the molecule is CCCCCCCCCCCCCCCCCCC[N+](C)(C)C(S)=[N+](C)C. The van der Waals surface area contributed by atoms with Crippen LogP contribution >= 0.6 is 12.6 Å². The Balaban J connectivity index is 3.29. The van der Waals surface area contributed by atoms with Crippen LogP contribution < -0.4 is 0 Å². The van der Waals surface area contributed by atoms with Crippen molar-refractivity contribution in [1.82, 2.24) is 0 Å². The molecular formula is C24H52N2S+2. The summed E-state index contributed by atoms with van der Waals surface area (Å²) in [6.07, 6.45) is 24.4. The zero-order chi connectivity index (χ0) is 20.4. The summed E-state index contributed by atoms with van der Waals surface area (Å²) in [6.45, 7) is 3.49. The average molecular weight is 401 g/mol. The largest absolute Gasteiger partial charge is 0.396 e. The Morgan fingerprint density at radius 1 is 0.593 bits per heavy atom. The van der Waals surface area contributed by atoms with Crippen molar-refractivity contribution in [2.75, 3.05) is 34.7 Å². The second-order valence-electron chi connectivity index (χ2n) is 9.26. The quantitative estimate of drug-likeness (QED) is 0.0615. The number of thiol groups is 1. The van der Waals surface area contributed by atoms with Gasteiger partial charge in [0.2, 0.25) is 0 Å². The molecule has 0 aliphatic rings. The Morgan fingerprint density at radius 2 is 0.889 bits per heavy atom. The van der Waals surface area contributed by atoms with Crippen molar-refractivity contribution in [3.63, 3.8) is 0 Å². The molecule has 0 bridgehead atoms. The number of hydrogen-bond donors (Lipinski definition) is 1. The summed E-state index contributed by atoms with van der Waals surface area (Å²) in [5, 5.41) is 1.14. The van der Waals surface area contributed by atoms with Crippen molar-refractivity contribution in [2.45, 2.75) is 116 Å². The van der Waals surface area contributed by atoms with Gasteiger partial charge in [-0.25, -0.2) is 4.48 Å². The molecule has 0 aliphatic heterocycles. The smallest absolute Gasteiger partial charge is 0.235 e. The molecule has 2 nitrogen and oxygen atoms in total. The molecule has 0 spiro atoms. The highest BCUT2D eigenvalue weighted by atomic mass is 32.1. The van der Waals surface area contributed by atoms with E-state index in [0.717, 1.165) is 9.65 Å². The lowest BCUT2D eigenvalue weighted by Crippen LogP contribution is -2.46. The lowest BCUT2D eigenvalue weighted by molar-refractivity contribution is -0.818. The molecule has 0 aliphatic carbocycles. The Bertz CT molecular complexity index is 359. The molecule has 0 heterocycles. The standard InChI is InChI=1S/C24H51N2S/c1-6-7-8-9-10-11-12-13-14-15-16-17-18-19-20-21-22-23-26(4,5)24(27)25(2)3/h6-23H2,1-5H3/q+1/p+1. The second kappa shape index (κ2) is 18.0. The fourth-order valence-electron chi connectivity index (χ4n) is 3.87. The summed E-state index contributed by atoms with van der Waals surface area (Å²) in [4.78, 5) is 0. The molecule has 0 aromatic carbocycles. The number of rotatable bonds is 18. The van der Waals surface area contributed by atoms with Crippen LogP contribution in [0.4, 0.5) is 0 Å². The highest BCUT2D eigenvalue weighted by Gasteiger charge is 2.26. The second-order valence-corrected chi connectivity index (χ2v) is 9.66. The molecule has 0 aromatic rings. The number of hydrogen-bond acceptors (Lipinski definition) is 0. The number of amidine groups is 1. The van der Waals surface area contributed by atoms with Crippen LogP contribution in [0.2, 0.25) is 0 Å².